The Morgan fingerprint density at radius 3 is 2.89 bits per heavy atom. The highest BCUT2D eigenvalue weighted by atomic mass is 16.5. The van der Waals surface area contributed by atoms with Crippen molar-refractivity contribution >= 4 is 12.0 Å². The minimum atomic E-state index is 0.218. The van der Waals surface area contributed by atoms with Gasteiger partial charge in [0.1, 0.15) is 18.7 Å². The van der Waals surface area contributed by atoms with Crippen molar-refractivity contribution in [2.24, 2.45) is 4.99 Å². The van der Waals surface area contributed by atoms with E-state index in [0.717, 1.165) is 30.9 Å². The van der Waals surface area contributed by atoms with E-state index < -0.39 is 0 Å². The number of nitrogens with one attached hydrogen (secondary N) is 1. The summed E-state index contributed by atoms with van der Waals surface area (Å²) in [5.74, 6) is 0.806. The number of nitrogens with zero attached hydrogens (tertiary/aromatic N) is 1. The van der Waals surface area contributed by atoms with Gasteiger partial charge in [0.15, 0.2) is 0 Å². The van der Waals surface area contributed by atoms with Crippen molar-refractivity contribution in [3.63, 3.8) is 0 Å². The molecule has 5 heteroatoms. The van der Waals surface area contributed by atoms with Crippen LogP contribution in [0.4, 0.5) is 5.69 Å². The van der Waals surface area contributed by atoms with Crippen molar-refractivity contribution in [2.75, 3.05) is 13.2 Å². The lowest BCUT2D eigenvalue weighted by Crippen LogP contribution is -2.25. The highest BCUT2D eigenvalue weighted by Gasteiger charge is 2.14. The minimum Gasteiger partial charge on any atom is -0.491 e. The van der Waals surface area contributed by atoms with E-state index in [1.807, 2.05) is 29.7 Å². The number of hydrogen-bond acceptors (Lipinski definition) is 4. The Bertz CT molecular complexity index is 372. The molecule has 1 aromatic rings. The number of aliphatic imine (C=N–C) groups is 1. The topological polar surface area (TPSA) is 63.1 Å². The van der Waals surface area contributed by atoms with E-state index >= 15 is 0 Å². The van der Waals surface area contributed by atoms with Crippen LogP contribution < -0.4 is 10.2 Å². The molecule has 1 aromatic carbocycles. The first-order chi connectivity index (χ1) is 8.88. The third-order valence-corrected chi connectivity index (χ3v) is 2.82. The van der Waals surface area contributed by atoms with Crippen LogP contribution in [0.3, 0.4) is 0 Å². The largest absolute Gasteiger partial charge is 0.491 e. The molecule has 0 aliphatic carbocycles. The first-order valence-corrected chi connectivity index (χ1v) is 6.15. The average molecular weight is 250 g/mol. The van der Waals surface area contributed by atoms with E-state index in [1.54, 1.807) is 0 Å². The summed E-state index contributed by atoms with van der Waals surface area (Å²) in [6.07, 6.45) is 4.88. The van der Waals surface area contributed by atoms with Gasteiger partial charge in [-0.05, 0) is 43.5 Å². The summed E-state index contributed by atoms with van der Waals surface area (Å²) in [7, 11) is 0. The molecule has 1 aliphatic heterocycles. The van der Waals surface area contributed by atoms with E-state index in [0.29, 0.717) is 6.61 Å². The molecule has 98 valence electrons. The van der Waals surface area contributed by atoms with Gasteiger partial charge in [-0.1, -0.05) is 0 Å². The van der Waals surface area contributed by atoms with Crippen molar-refractivity contribution in [3.8, 4) is 5.75 Å². The number of ether oxygens (including phenoxy) is 2. The zero-order chi connectivity index (χ0) is 12.6. The van der Waals surface area contributed by atoms with Gasteiger partial charge in [0.05, 0.1) is 11.8 Å². The molecule has 1 heterocycles. The number of hydroxylamine groups is 1. The predicted octanol–water partition coefficient (Wildman–Crippen LogP) is 2.27. The van der Waals surface area contributed by atoms with E-state index in [4.69, 9.17) is 14.7 Å². The zero-order valence-electron chi connectivity index (χ0n) is 10.2. The fourth-order valence-corrected chi connectivity index (χ4v) is 1.86. The van der Waals surface area contributed by atoms with Crippen LogP contribution in [0.1, 0.15) is 19.3 Å². The molecular formula is C13H18N2O3. The normalized spacial score (nSPS) is 19.9. The van der Waals surface area contributed by atoms with Gasteiger partial charge in [-0.15, -0.1) is 0 Å². The smallest absolute Gasteiger partial charge is 0.119 e. The molecule has 0 spiro atoms. The lowest BCUT2D eigenvalue weighted by atomic mass is 10.1. The summed E-state index contributed by atoms with van der Waals surface area (Å²) >= 11 is 0. The lowest BCUT2D eigenvalue weighted by molar-refractivity contribution is -0.0110. The van der Waals surface area contributed by atoms with Crippen LogP contribution in [0.15, 0.2) is 29.3 Å². The molecule has 1 atom stereocenters. The highest BCUT2D eigenvalue weighted by molar-refractivity contribution is 5.59. The Morgan fingerprint density at radius 2 is 2.22 bits per heavy atom. The molecule has 1 aliphatic rings. The molecule has 1 saturated heterocycles. The van der Waals surface area contributed by atoms with Crippen molar-refractivity contribution in [3.05, 3.63) is 24.3 Å². The highest BCUT2D eigenvalue weighted by Crippen LogP contribution is 2.19. The summed E-state index contributed by atoms with van der Waals surface area (Å²) in [6, 6.07) is 7.36. The Kier molecular flexibility index (Phi) is 4.99. The molecule has 0 amide bonds. The standard InChI is InChI=1S/C13H18N2O3/c16-15-10-14-11-4-6-12(7-5-11)18-9-13-3-1-2-8-17-13/h4-7,10,13,16H,1-3,8-9H2,(H,14,15). The van der Waals surface area contributed by atoms with Crippen LogP contribution in [0.2, 0.25) is 0 Å². The predicted molar refractivity (Wildman–Crippen MR) is 68.6 cm³/mol. The molecule has 0 radical (unpaired) electrons. The first-order valence-electron chi connectivity index (χ1n) is 6.15. The van der Waals surface area contributed by atoms with Crippen molar-refractivity contribution < 1.29 is 14.7 Å². The van der Waals surface area contributed by atoms with Gasteiger partial charge in [0.25, 0.3) is 0 Å². The first kappa shape index (κ1) is 12.9. The Balaban J connectivity index is 1.80. The monoisotopic (exact) mass is 250 g/mol. The SMILES string of the molecule is ONC=Nc1ccc(OCC2CCCCO2)cc1. The second-order valence-electron chi connectivity index (χ2n) is 4.18. The minimum absolute atomic E-state index is 0.218. The fraction of sp³-hybridized carbons (Fsp3) is 0.462. The van der Waals surface area contributed by atoms with Crippen LogP contribution in [0.5, 0.6) is 5.75 Å². The maximum Gasteiger partial charge on any atom is 0.119 e. The van der Waals surface area contributed by atoms with Gasteiger partial charge in [-0.2, -0.15) is 0 Å². The second-order valence-corrected chi connectivity index (χ2v) is 4.18. The average Bonchev–Trinajstić information content (AvgIpc) is 2.45. The zero-order valence-corrected chi connectivity index (χ0v) is 10.2. The molecular weight excluding hydrogens is 232 g/mol. The number of hydrogen-bond donors (Lipinski definition) is 2. The van der Waals surface area contributed by atoms with E-state index in [-0.39, 0.29) is 6.10 Å². The van der Waals surface area contributed by atoms with Gasteiger partial charge in [-0.25, -0.2) is 4.99 Å². The second kappa shape index (κ2) is 6.98. The number of rotatable bonds is 5. The van der Waals surface area contributed by atoms with E-state index in [2.05, 4.69) is 4.99 Å². The van der Waals surface area contributed by atoms with Gasteiger partial charge >= 0.3 is 0 Å². The molecule has 2 rings (SSSR count). The van der Waals surface area contributed by atoms with E-state index in [9.17, 15) is 0 Å². The maximum atomic E-state index is 8.37. The molecule has 1 unspecified atom stereocenters. The Morgan fingerprint density at radius 1 is 1.39 bits per heavy atom. The molecule has 0 bridgehead atoms. The third kappa shape index (κ3) is 4.01. The van der Waals surface area contributed by atoms with Gasteiger partial charge in [-0.3, -0.25) is 10.7 Å². The van der Waals surface area contributed by atoms with Crippen LogP contribution in [0, 0.1) is 0 Å². The van der Waals surface area contributed by atoms with Gasteiger partial charge in [0, 0.05) is 6.61 Å². The van der Waals surface area contributed by atoms with Crippen molar-refractivity contribution in [1.29, 1.82) is 0 Å². The molecule has 1 fully saturated rings. The van der Waals surface area contributed by atoms with Crippen LogP contribution in [0.25, 0.3) is 0 Å². The Labute approximate surface area is 106 Å². The van der Waals surface area contributed by atoms with Crippen LogP contribution in [-0.4, -0.2) is 30.9 Å². The quantitative estimate of drug-likeness (QED) is 0.478. The summed E-state index contributed by atoms with van der Waals surface area (Å²) in [5.41, 5.74) is 2.61. The van der Waals surface area contributed by atoms with Crippen LogP contribution >= 0.6 is 0 Å². The Hall–Kier alpha value is -1.59. The summed E-state index contributed by atoms with van der Waals surface area (Å²) in [6.45, 7) is 1.44. The van der Waals surface area contributed by atoms with Crippen LogP contribution in [-0.2, 0) is 4.74 Å². The molecule has 18 heavy (non-hydrogen) atoms. The molecule has 2 N–H and O–H groups in total. The third-order valence-electron chi connectivity index (χ3n) is 2.82. The maximum absolute atomic E-state index is 8.37. The summed E-state index contributed by atoms with van der Waals surface area (Å²) in [5, 5.41) is 8.37. The molecule has 0 aromatic heterocycles. The van der Waals surface area contributed by atoms with Gasteiger partial charge in [0.2, 0.25) is 0 Å². The lowest BCUT2D eigenvalue weighted by Gasteiger charge is -2.22. The van der Waals surface area contributed by atoms with Crippen molar-refractivity contribution in [2.45, 2.75) is 25.4 Å². The summed E-state index contributed by atoms with van der Waals surface area (Å²) < 4.78 is 11.3. The van der Waals surface area contributed by atoms with Gasteiger partial charge < -0.3 is 9.47 Å². The van der Waals surface area contributed by atoms with Crippen molar-refractivity contribution in [1.82, 2.24) is 5.48 Å². The van der Waals surface area contributed by atoms with E-state index in [1.165, 1.54) is 12.8 Å². The number of benzene rings is 1. The fourth-order valence-electron chi connectivity index (χ4n) is 1.86. The summed E-state index contributed by atoms with van der Waals surface area (Å²) in [4.78, 5) is 3.95. The molecule has 0 saturated carbocycles. The molecule has 5 nitrogen and oxygen atoms in total.